The zero-order valence-electron chi connectivity index (χ0n) is 12.3. The molecule has 0 aliphatic carbocycles. The first-order chi connectivity index (χ1) is 11.0. The van der Waals surface area contributed by atoms with E-state index < -0.39 is 11.7 Å². The molecule has 0 N–H and O–H groups in total. The van der Waals surface area contributed by atoms with Crippen molar-refractivity contribution < 1.29 is 22.6 Å². The highest BCUT2D eigenvalue weighted by Crippen LogP contribution is 2.30. The second-order valence-electron chi connectivity index (χ2n) is 5.33. The van der Waals surface area contributed by atoms with Gasteiger partial charge in [-0.1, -0.05) is 11.3 Å². The maximum atomic E-state index is 12.7. The highest BCUT2D eigenvalue weighted by Gasteiger charge is 2.30. The van der Waals surface area contributed by atoms with Crippen LogP contribution in [-0.4, -0.2) is 34.3 Å². The van der Waals surface area contributed by atoms with Gasteiger partial charge >= 0.3 is 6.18 Å². The summed E-state index contributed by atoms with van der Waals surface area (Å²) in [7, 11) is 0. The fourth-order valence-corrected chi connectivity index (χ4v) is 2.36. The number of rotatable bonds is 4. The molecule has 0 saturated carbocycles. The van der Waals surface area contributed by atoms with E-state index >= 15 is 0 Å². The van der Waals surface area contributed by atoms with Crippen LogP contribution in [0.25, 0.3) is 5.69 Å². The lowest BCUT2D eigenvalue weighted by molar-refractivity contribution is -0.137. The maximum Gasteiger partial charge on any atom is 0.416 e. The molecule has 5 nitrogen and oxygen atoms in total. The summed E-state index contributed by atoms with van der Waals surface area (Å²) in [6.45, 7) is 1.65. The monoisotopic (exact) mass is 327 g/mol. The molecule has 0 bridgehead atoms. The van der Waals surface area contributed by atoms with Gasteiger partial charge in [-0.05, 0) is 31.0 Å². The van der Waals surface area contributed by atoms with Crippen LogP contribution in [0.3, 0.4) is 0 Å². The van der Waals surface area contributed by atoms with Crippen LogP contribution in [0.4, 0.5) is 13.2 Å². The van der Waals surface area contributed by atoms with Crippen molar-refractivity contribution >= 4 is 0 Å². The summed E-state index contributed by atoms with van der Waals surface area (Å²) in [6, 6.07) is 4.96. The second kappa shape index (κ2) is 6.67. The maximum absolute atomic E-state index is 12.7. The third-order valence-corrected chi connectivity index (χ3v) is 3.61. The van der Waals surface area contributed by atoms with Gasteiger partial charge in [-0.25, -0.2) is 4.68 Å². The van der Waals surface area contributed by atoms with E-state index in [-0.39, 0.29) is 12.7 Å². The Morgan fingerprint density at radius 2 is 2.04 bits per heavy atom. The Morgan fingerprint density at radius 3 is 2.78 bits per heavy atom. The molecule has 1 saturated heterocycles. The van der Waals surface area contributed by atoms with Crippen molar-refractivity contribution in [1.29, 1.82) is 0 Å². The van der Waals surface area contributed by atoms with Crippen LogP contribution >= 0.6 is 0 Å². The molecule has 0 radical (unpaired) electrons. The van der Waals surface area contributed by atoms with Crippen molar-refractivity contribution in [1.82, 2.24) is 15.0 Å². The first kappa shape index (κ1) is 15.9. The molecular formula is C15H16F3N3O2. The van der Waals surface area contributed by atoms with Gasteiger partial charge < -0.3 is 9.47 Å². The highest BCUT2D eigenvalue weighted by atomic mass is 19.4. The molecule has 1 aliphatic heterocycles. The van der Waals surface area contributed by atoms with Crippen LogP contribution in [-0.2, 0) is 22.3 Å². The molecule has 1 aromatic carbocycles. The zero-order chi connectivity index (χ0) is 16.3. The molecule has 124 valence electrons. The SMILES string of the molecule is FC(F)(F)c1cccc(-n2cc(COC3CCOCC3)nn2)c1. The van der Waals surface area contributed by atoms with Crippen LogP contribution in [0.1, 0.15) is 24.1 Å². The van der Waals surface area contributed by atoms with Crippen LogP contribution < -0.4 is 0 Å². The molecule has 0 amide bonds. The Bertz CT molecular complexity index is 651. The van der Waals surface area contributed by atoms with Crippen LogP contribution in [0.2, 0.25) is 0 Å². The lowest BCUT2D eigenvalue weighted by Gasteiger charge is -2.21. The fourth-order valence-electron chi connectivity index (χ4n) is 2.36. The Kier molecular flexibility index (Phi) is 4.63. The standard InChI is InChI=1S/C15H16F3N3O2/c16-15(17,18)11-2-1-3-13(8-11)21-9-12(19-20-21)10-23-14-4-6-22-7-5-14/h1-3,8-9,14H,4-7,10H2. The van der Waals surface area contributed by atoms with Gasteiger partial charge in [0.1, 0.15) is 5.69 Å². The summed E-state index contributed by atoms with van der Waals surface area (Å²) >= 11 is 0. The summed E-state index contributed by atoms with van der Waals surface area (Å²) in [4.78, 5) is 0. The van der Waals surface area contributed by atoms with Crippen molar-refractivity contribution in [2.45, 2.75) is 31.7 Å². The Hall–Kier alpha value is -1.93. The van der Waals surface area contributed by atoms with Gasteiger partial charge in [0.25, 0.3) is 0 Å². The third-order valence-electron chi connectivity index (χ3n) is 3.61. The van der Waals surface area contributed by atoms with Gasteiger partial charge in [0, 0.05) is 13.2 Å². The smallest absolute Gasteiger partial charge is 0.381 e. The van der Waals surface area contributed by atoms with Gasteiger partial charge in [-0.3, -0.25) is 0 Å². The van der Waals surface area contributed by atoms with Crippen LogP contribution in [0, 0.1) is 0 Å². The number of ether oxygens (including phenoxy) is 2. The number of nitrogens with zero attached hydrogens (tertiary/aromatic N) is 3. The zero-order valence-corrected chi connectivity index (χ0v) is 12.3. The predicted octanol–water partition coefficient (Wildman–Crippen LogP) is 2.98. The molecule has 8 heteroatoms. The van der Waals surface area contributed by atoms with Crippen molar-refractivity contribution in [3.63, 3.8) is 0 Å². The molecule has 1 aromatic heterocycles. The molecule has 3 rings (SSSR count). The molecule has 23 heavy (non-hydrogen) atoms. The van der Waals surface area contributed by atoms with E-state index in [1.54, 1.807) is 12.3 Å². The molecule has 1 fully saturated rings. The number of alkyl halides is 3. The van der Waals surface area contributed by atoms with E-state index in [2.05, 4.69) is 10.3 Å². The molecule has 2 aromatic rings. The number of aromatic nitrogens is 3. The minimum absolute atomic E-state index is 0.127. The highest BCUT2D eigenvalue weighted by molar-refractivity contribution is 5.36. The second-order valence-corrected chi connectivity index (χ2v) is 5.33. The summed E-state index contributed by atoms with van der Waals surface area (Å²) in [5.74, 6) is 0. The van der Waals surface area contributed by atoms with Crippen molar-refractivity contribution in [3.8, 4) is 5.69 Å². The third kappa shape index (κ3) is 4.08. The van der Waals surface area contributed by atoms with E-state index in [4.69, 9.17) is 9.47 Å². The first-order valence-electron chi connectivity index (χ1n) is 7.30. The summed E-state index contributed by atoms with van der Waals surface area (Å²) < 4.78 is 50.5. The Balaban J connectivity index is 1.67. The van der Waals surface area contributed by atoms with E-state index in [1.165, 1.54) is 10.7 Å². The first-order valence-corrected chi connectivity index (χ1v) is 7.30. The fraction of sp³-hybridized carbons (Fsp3) is 0.467. The van der Waals surface area contributed by atoms with Crippen molar-refractivity contribution in [2.24, 2.45) is 0 Å². The lowest BCUT2D eigenvalue weighted by atomic mass is 10.1. The van der Waals surface area contributed by atoms with E-state index in [9.17, 15) is 13.2 Å². The number of hydrogen-bond donors (Lipinski definition) is 0. The number of benzene rings is 1. The summed E-state index contributed by atoms with van der Waals surface area (Å²) in [5.41, 5.74) is 0.170. The lowest BCUT2D eigenvalue weighted by Crippen LogP contribution is -2.23. The topological polar surface area (TPSA) is 49.2 Å². The minimum Gasteiger partial charge on any atom is -0.381 e. The van der Waals surface area contributed by atoms with Gasteiger partial charge in [-0.15, -0.1) is 5.10 Å². The predicted molar refractivity (Wildman–Crippen MR) is 75.0 cm³/mol. The van der Waals surface area contributed by atoms with E-state index in [0.717, 1.165) is 25.0 Å². The van der Waals surface area contributed by atoms with Gasteiger partial charge in [0.15, 0.2) is 0 Å². The van der Waals surface area contributed by atoms with Gasteiger partial charge in [-0.2, -0.15) is 13.2 Å². The summed E-state index contributed by atoms with van der Waals surface area (Å²) in [5, 5.41) is 7.81. The molecule has 0 atom stereocenters. The van der Waals surface area contributed by atoms with E-state index in [1.807, 2.05) is 0 Å². The molecule has 0 spiro atoms. The number of hydrogen-bond acceptors (Lipinski definition) is 4. The molecule has 2 heterocycles. The van der Waals surface area contributed by atoms with Crippen LogP contribution in [0.5, 0.6) is 0 Å². The van der Waals surface area contributed by atoms with Gasteiger partial charge in [0.2, 0.25) is 0 Å². The summed E-state index contributed by atoms with van der Waals surface area (Å²) in [6.07, 6.45) is -1.01. The van der Waals surface area contributed by atoms with E-state index in [0.29, 0.717) is 24.6 Å². The normalized spacial score (nSPS) is 16.7. The van der Waals surface area contributed by atoms with Crippen molar-refractivity contribution in [3.05, 3.63) is 41.7 Å². The molecule has 1 aliphatic rings. The van der Waals surface area contributed by atoms with Crippen LogP contribution in [0.15, 0.2) is 30.5 Å². The Labute approximate surface area is 131 Å². The Morgan fingerprint density at radius 1 is 1.26 bits per heavy atom. The quantitative estimate of drug-likeness (QED) is 0.866. The average Bonchev–Trinajstić information content (AvgIpc) is 3.02. The minimum atomic E-state index is -4.38. The number of halogens is 3. The van der Waals surface area contributed by atoms with Crippen molar-refractivity contribution in [2.75, 3.05) is 13.2 Å². The molecular weight excluding hydrogens is 311 g/mol. The largest absolute Gasteiger partial charge is 0.416 e. The molecule has 0 unspecified atom stereocenters. The average molecular weight is 327 g/mol. The van der Waals surface area contributed by atoms with Gasteiger partial charge in [0.05, 0.1) is 30.2 Å².